The van der Waals surface area contributed by atoms with Crippen molar-refractivity contribution < 1.29 is 4.79 Å². The van der Waals surface area contributed by atoms with E-state index < -0.39 is 0 Å². The molecule has 0 saturated heterocycles. The molecule has 0 unspecified atom stereocenters. The number of hydrogen-bond donors (Lipinski definition) is 0. The summed E-state index contributed by atoms with van der Waals surface area (Å²) < 4.78 is 0. The molecular formula is C18H22N2O. The van der Waals surface area contributed by atoms with Crippen LogP contribution in [0.3, 0.4) is 0 Å². The van der Waals surface area contributed by atoms with Gasteiger partial charge in [0.05, 0.1) is 5.69 Å². The van der Waals surface area contributed by atoms with Crippen LogP contribution in [0.2, 0.25) is 0 Å². The quantitative estimate of drug-likeness (QED) is 0.761. The summed E-state index contributed by atoms with van der Waals surface area (Å²) in [6, 6.07) is 3.94. The molecule has 1 aliphatic heterocycles. The molecule has 3 heteroatoms. The Bertz CT molecular complexity index is 683. The Labute approximate surface area is 126 Å². The lowest BCUT2D eigenvalue weighted by molar-refractivity contribution is 0.112. The first-order valence-corrected chi connectivity index (χ1v) is 6.95. The van der Waals surface area contributed by atoms with Gasteiger partial charge in [-0.05, 0) is 50.5 Å². The van der Waals surface area contributed by atoms with Gasteiger partial charge in [-0.25, -0.2) is 0 Å². The molecule has 110 valence electrons. The average Bonchev–Trinajstić information content (AvgIpc) is 2.45. The van der Waals surface area contributed by atoms with Crippen LogP contribution in [-0.4, -0.2) is 18.2 Å². The Hall–Kier alpha value is -2.29. The molecule has 0 fully saturated rings. The topological polar surface area (TPSA) is 23.6 Å². The normalized spacial score (nSPS) is 15.9. The van der Waals surface area contributed by atoms with Crippen molar-refractivity contribution in [3.05, 3.63) is 64.8 Å². The predicted octanol–water partition coefficient (Wildman–Crippen LogP) is 4.15. The van der Waals surface area contributed by atoms with E-state index in [1.807, 2.05) is 42.8 Å². The third-order valence-corrected chi connectivity index (χ3v) is 4.35. The summed E-state index contributed by atoms with van der Waals surface area (Å²) in [6.45, 7) is 16.5. The molecule has 0 amide bonds. The van der Waals surface area contributed by atoms with E-state index in [4.69, 9.17) is 0 Å². The number of nitrogens with zero attached hydrogens (tertiary/aromatic N) is 2. The van der Waals surface area contributed by atoms with Crippen molar-refractivity contribution in [3.8, 4) is 0 Å². The van der Waals surface area contributed by atoms with Crippen molar-refractivity contribution in [1.82, 2.24) is 4.90 Å². The number of anilines is 1. The Morgan fingerprint density at radius 3 is 2.24 bits per heavy atom. The Kier molecular flexibility index (Phi) is 3.77. The molecule has 0 aromatic heterocycles. The van der Waals surface area contributed by atoms with E-state index in [2.05, 4.69) is 27.0 Å². The van der Waals surface area contributed by atoms with Gasteiger partial charge >= 0.3 is 0 Å². The van der Waals surface area contributed by atoms with Gasteiger partial charge in [-0.3, -0.25) is 9.69 Å². The van der Waals surface area contributed by atoms with E-state index in [0.29, 0.717) is 5.56 Å². The van der Waals surface area contributed by atoms with Gasteiger partial charge in [0.25, 0.3) is 0 Å². The summed E-state index contributed by atoms with van der Waals surface area (Å²) in [6.07, 6.45) is 0.894. The number of hydrogen-bond acceptors (Lipinski definition) is 3. The molecule has 3 nitrogen and oxygen atoms in total. The molecule has 1 aliphatic rings. The first-order valence-electron chi connectivity index (χ1n) is 6.95. The van der Waals surface area contributed by atoms with Gasteiger partial charge < -0.3 is 4.90 Å². The van der Waals surface area contributed by atoms with Crippen LogP contribution in [0.15, 0.2) is 48.1 Å². The van der Waals surface area contributed by atoms with E-state index in [1.165, 1.54) is 0 Å². The number of benzene rings is 1. The molecule has 21 heavy (non-hydrogen) atoms. The maximum atomic E-state index is 11.2. The van der Waals surface area contributed by atoms with Crippen LogP contribution in [0.5, 0.6) is 0 Å². The van der Waals surface area contributed by atoms with Crippen molar-refractivity contribution in [2.75, 3.05) is 11.9 Å². The summed E-state index contributed by atoms with van der Waals surface area (Å²) >= 11 is 0. The minimum Gasteiger partial charge on any atom is -0.335 e. The van der Waals surface area contributed by atoms with Crippen LogP contribution in [0, 0.1) is 13.8 Å². The van der Waals surface area contributed by atoms with Gasteiger partial charge in [0.15, 0.2) is 0 Å². The highest BCUT2D eigenvalue weighted by molar-refractivity contribution is 5.82. The number of carbonyl (C=O) groups excluding carboxylic acids is 1. The third-order valence-electron chi connectivity index (χ3n) is 4.35. The van der Waals surface area contributed by atoms with Crippen LogP contribution >= 0.6 is 0 Å². The molecule has 0 aliphatic carbocycles. The largest absolute Gasteiger partial charge is 0.335 e. The number of aldehydes is 1. The molecule has 0 spiro atoms. The number of rotatable bonds is 2. The second-order valence-corrected chi connectivity index (χ2v) is 5.58. The van der Waals surface area contributed by atoms with Crippen LogP contribution in [0.1, 0.15) is 35.3 Å². The Morgan fingerprint density at radius 1 is 1.05 bits per heavy atom. The zero-order valence-corrected chi connectivity index (χ0v) is 13.4. The summed E-state index contributed by atoms with van der Waals surface area (Å²) in [5.74, 6) is 0.840. The van der Waals surface area contributed by atoms with E-state index in [1.54, 1.807) is 0 Å². The zero-order valence-electron chi connectivity index (χ0n) is 13.4. The standard InChI is InChI=1S/C18H22N2O/c1-11-8-12(2)18(9-17(11)10-21)20-15(5)13(3)14(4)19(7)16(20)6/h8-10H,5-6H2,1-4,7H3. The van der Waals surface area contributed by atoms with Gasteiger partial charge in [-0.1, -0.05) is 19.2 Å². The lowest BCUT2D eigenvalue weighted by atomic mass is 10.0. The second-order valence-electron chi connectivity index (χ2n) is 5.58. The summed E-state index contributed by atoms with van der Waals surface area (Å²) in [5, 5.41) is 0. The van der Waals surface area contributed by atoms with Crippen LogP contribution in [-0.2, 0) is 0 Å². The van der Waals surface area contributed by atoms with E-state index in [-0.39, 0.29) is 0 Å². The van der Waals surface area contributed by atoms with E-state index in [9.17, 15) is 4.79 Å². The summed E-state index contributed by atoms with van der Waals surface area (Å²) in [4.78, 5) is 15.3. The van der Waals surface area contributed by atoms with Gasteiger partial charge in [0.2, 0.25) is 0 Å². The van der Waals surface area contributed by atoms with E-state index in [0.717, 1.165) is 45.9 Å². The molecule has 1 heterocycles. The Balaban J connectivity index is 2.64. The van der Waals surface area contributed by atoms with Crippen molar-refractivity contribution in [2.24, 2.45) is 0 Å². The molecule has 1 aromatic rings. The zero-order chi connectivity index (χ0) is 15.9. The van der Waals surface area contributed by atoms with Crippen LogP contribution in [0.4, 0.5) is 5.69 Å². The van der Waals surface area contributed by atoms with Gasteiger partial charge in [0.1, 0.15) is 12.1 Å². The number of carbonyl (C=O) groups is 1. The first-order chi connectivity index (χ1) is 9.79. The van der Waals surface area contributed by atoms with E-state index >= 15 is 0 Å². The fraction of sp³-hybridized carbons (Fsp3) is 0.278. The fourth-order valence-corrected chi connectivity index (χ4v) is 2.64. The lowest BCUT2D eigenvalue weighted by Gasteiger charge is -2.41. The van der Waals surface area contributed by atoms with Gasteiger partial charge in [-0.15, -0.1) is 0 Å². The minimum absolute atomic E-state index is 0.697. The number of allylic oxidation sites excluding steroid dienone is 2. The van der Waals surface area contributed by atoms with Gasteiger partial charge in [0, 0.05) is 24.0 Å². The van der Waals surface area contributed by atoms with Crippen molar-refractivity contribution >= 4 is 12.0 Å². The molecule has 0 radical (unpaired) electrons. The smallest absolute Gasteiger partial charge is 0.150 e. The molecule has 0 bridgehead atoms. The summed E-state index contributed by atoms with van der Waals surface area (Å²) in [7, 11) is 1.99. The monoisotopic (exact) mass is 282 g/mol. The summed E-state index contributed by atoms with van der Waals surface area (Å²) in [5.41, 5.74) is 6.90. The predicted molar refractivity (Wildman–Crippen MR) is 88.2 cm³/mol. The van der Waals surface area contributed by atoms with Crippen LogP contribution < -0.4 is 4.90 Å². The van der Waals surface area contributed by atoms with Crippen LogP contribution in [0.25, 0.3) is 0 Å². The average molecular weight is 282 g/mol. The third kappa shape index (κ3) is 2.29. The highest BCUT2D eigenvalue weighted by atomic mass is 16.1. The SMILES string of the molecule is C=C1C(C)=C(C)N(C)C(=C)N1c1cc(C=O)c(C)cc1C. The lowest BCUT2D eigenvalue weighted by Crippen LogP contribution is -2.36. The molecular weight excluding hydrogens is 260 g/mol. The van der Waals surface area contributed by atoms with Crippen molar-refractivity contribution in [1.29, 1.82) is 0 Å². The van der Waals surface area contributed by atoms with Crippen molar-refractivity contribution in [3.63, 3.8) is 0 Å². The molecule has 0 atom stereocenters. The molecule has 0 N–H and O–H groups in total. The minimum atomic E-state index is 0.697. The first kappa shape index (κ1) is 15.1. The maximum absolute atomic E-state index is 11.2. The molecule has 0 saturated carbocycles. The number of aryl methyl sites for hydroxylation is 2. The highest BCUT2D eigenvalue weighted by Gasteiger charge is 2.27. The van der Waals surface area contributed by atoms with Gasteiger partial charge in [-0.2, -0.15) is 0 Å². The molecule has 1 aromatic carbocycles. The fourth-order valence-electron chi connectivity index (χ4n) is 2.64. The second kappa shape index (κ2) is 5.24. The molecule has 2 rings (SSSR count). The van der Waals surface area contributed by atoms with Crippen molar-refractivity contribution in [2.45, 2.75) is 27.7 Å². The maximum Gasteiger partial charge on any atom is 0.150 e. The highest BCUT2D eigenvalue weighted by Crippen LogP contribution is 2.37. The Morgan fingerprint density at radius 2 is 1.67 bits per heavy atom.